The Labute approximate surface area is 529 Å². The van der Waals surface area contributed by atoms with Gasteiger partial charge in [0.1, 0.15) is 0 Å². The second-order valence-electron chi connectivity index (χ2n) is 32.2. The highest BCUT2D eigenvalue weighted by molar-refractivity contribution is 6.77. The molecule has 37 rings (SSSR count). The van der Waals surface area contributed by atoms with E-state index in [-0.39, 0.29) is 0 Å². The molecule has 0 aliphatic heterocycles. The van der Waals surface area contributed by atoms with Gasteiger partial charge in [-0.15, -0.1) is 0 Å². The summed E-state index contributed by atoms with van der Waals surface area (Å²) in [4.78, 5) is 0. The van der Waals surface area contributed by atoms with E-state index in [4.69, 9.17) is 0 Å². The summed E-state index contributed by atoms with van der Waals surface area (Å²) in [5.41, 5.74) is 0. The molecule has 0 fully saturated rings. The summed E-state index contributed by atoms with van der Waals surface area (Å²) in [5, 5.41) is 106. The van der Waals surface area contributed by atoms with E-state index in [2.05, 4.69) is 146 Å². The van der Waals surface area contributed by atoms with Crippen molar-refractivity contribution >= 4 is 388 Å². The Morgan fingerprint density at radius 1 is 0.0625 bits per heavy atom. The Balaban J connectivity index is 1.03. The first kappa shape index (κ1) is 39.8. The van der Waals surface area contributed by atoms with Crippen LogP contribution in [0.2, 0.25) is 0 Å². The fourth-order valence-corrected chi connectivity index (χ4v) is 27.6. The lowest BCUT2D eigenvalue weighted by atomic mass is 9.64. The first-order valence-corrected chi connectivity index (χ1v) is 34.9. The fourth-order valence-electron chi connectivity index (χ4n) is 27.6. The number of benzene rings is 37. The molecule has 0 bridgehead atoms. The van der Waals surface area contributed by atoms with Crippen LogP contribution < -0.4 is 0 Å². The van der Waals surface area contributed by atoms with E-state index in [0.717, 1.165) is 0 Å². The fraction of sp³-hybridized carbons (Fsp3) is 0. The van der Waals surface area contributed by atoms with Gasteiger partial charge in [0.05, 0.1) is 0 Å². The van der Waals surface area contributed by atoms with Crippen molar-refractivity contribution in [3.05, 3.63) is 146 Å². The van der Waals surface area contributed by atoms with Gasteiger partial charge in [0, 0.05) is 0 Å². The van der Waals surface area contributed by atoms with E-state index < -0.39 is 0 Å². The number of hydrogen-bond donors (Lipinski definition) is 0. The molecule has 37 aromatic rings. The van der Waals surface area contributed by atoms with Crippen LogP contribution in [-0.4, -0.2) is 0 Å². The van der Waals surface area contributed by atoms with Gasteiger partial charge in [-0.05, 0) is 461 Å². The highest BCUT2D eigenvalue weighted by Crippen LogP contribution is 2.74. The average Bonchev–Trinajstić information content (AvgIpc) is 0.607. The zero-order valence-electron chi connectivity index (χ0n) is 49.9. The van der Waals surface area contributed by atoms with Crippen molar-refractivity contribution in [3.63, 3.8) is 0 Å². The maximum absolute atomic E-state index is 2.63. The van der Waals surface area contributed by atoms with Crippen molar-refractivity contribution in [2.75, 3.05) is 0 Å². The summed E-state index contributed by atoms with van der Waals surface area (Å²) in [6, 6.07) is 61.7. The predicted molar refractivity (Wildman–Crippen MR) is 419 cm³/mol. The molecule has 0 saturated heterocycles. The highest BCUT2D eigenvalue weighted by atomic mass is 14.5. The summed E-state index contributed by atoms with van der Waals surface area (Å²) < 4.78 is 0. The van der Waals surface area contributed by atoms with Crippen LogP contribution in [0.4, 0.5) is 0 Å². The molecular formula is C96H24. The first-order valence-electron chi connectivity index (χ1n) is 34.9. The maximum atomic E-state index is 2.63. The van der Waals surface area contributed by atoms with Crippen LogP contribution in [0.15, 0.2) is 146 Å². The molecule has 0 aliphatic rings. The van der Waals surface area contributed by atoms with Crippen molar-refractivity contribution in [1.29, 1.82) is 0 Å². The standard InChI is InChI=1S/C96H24/c1-2-26-14-38-16-28-5-6-30-18-40-20-32-9-11-35-23-42-24-36-12-10-34-22-41-21-33-8-7-31-19-39-17-29-4-3-27-15-37-13-25(1)43-44(26)62-56(38)64-46(28)48(30)66-58(40)68-51(32)53(35)71-60(42)72-54(36)52(34)70-59(41)69-50(33)49(31)67-57(39)65-47(29)45(27)63-55(37)61(43)73-74(62)86-76(64)78(66)88-81(68)83(71)90-84(72)82(70)89-80(69)79(67)87-77(65)75(63)85(73)91-92(86)94(88)96(90)95(89)93(87)91/h1-24H. The van der Waals surface area contributed by atoms with Crippen LogP contribution in [0.3, 0.4) is 0 Å². The molecular weight excluding hydrogens is 1150 g/mol. The Hall–Kier alpha value is -12.5. The Morgan fingerprint density at radius 2 is 0.125 bits per heavy atom. The molecule has 0 aromatic heterocycles. The quantitative estimate of drug-likeness (QED) is 0.105. The number of rotatable bonds is 0. The van der Waals surface area contributed by atoms with Crippen molar-refractivity contribution in [3.8, 4) is 0 Å². The lowest BCUT2D eigenvalue weighted by Gasteiger charge is -2.37. The van der Waals surface area contributed by atoms with Gasteiger partial charge >= 0.3 is 0 Å². The van der Waals surface area contributed by atoms with Crippen molar-refractivity contribution in [2.24, 2.45) is 0 Å². The van der Waals surface area contributed by atoms with Crippen LogP contribution in [0.25, 0.3) is 388 Å². The molecule has 37 aromatic carbocycles. The van der Waals surface area contributed by atoms with E-state index in [9.17, 15) is 0 Å². The van der Waals surface area contributed by atoms with Gasteiger partial charge in [-0.2, -0.15) is 0 Å². The van der Waals surface area contributed by atoms with E-state index in [1.165, 1.54) is 323 Å². The van der Waals surface area contributed by atoms with Gasteiger partial charge in [-0.25, -0.2) is 0 Å². The lowest BCUT2D eigenvalue weighted by molar-refractivity contribution is 1.84. The molecule has 0 aliphatic carbocycles. The molecule has 0 unspecified atom stereocenters. The predicted octanol–water partition coefficient (Wildman–Crippen LogP) is 28.0. The van der Waals surface area contributed by atoms with Crippen LogP contribution in [0.1, 0.15) is 0 Å². The SMILES string of the molecule is c1cc2cc3cc4ccc5cc6cc7ccc8cc9cc%10ccc%11cc%12cc%13ccc%14cc%15cc%16ccc%17cc%18cc1c1c2c2c3c3c4c5c4c6c5c7c8c6c9c7c%10c%11c8c%12c9c%13c%14c%10c%15c%11c%16c%17c%12c%18c1c1c2c2c3c4c3c5c6c4c7c8c5c9c%10c6c%11c%12c1c1c2c3c4c5c61. The Bertz CT molecular complexity index is 8240. The van der Waals surface area contributed by atoms with E-state index in [0.29, 0.717) is 0 Å². The van der Waals surface area contributed by atoms with Gasteiger partial charge < -0.3 is 0 Å². The average molecular weight is 1180 g/mol. The Kier molecular flexibility index (Phi) is 4.39. The van der Waals surface area contributed by atoms with Crippen molar-refractivity contribution in [1.82, 2.24) is 0 Å². The summed E-state index contributed by atoms with van der Waals surface area (Å²) in [6.45, 7) is 0. The molecule has 0 radical (unpaired) electrons. The largest absolute Gasteiger partial charge is 0.0537 e. The molecule has 408 valence electrons. The monoisotopic (exact) mass is 1180 g/mol. The van der Waals surface area contributed by atoms with Crippen LogP contribution >= 0.6 is 0 Å². The minimum atomic E-state index is 1.37. The second-order valence-corrected chi connectivity index (χ2v) is 32.2. The van der Waals surface area contributed by atoms with Crippen LogP contribution in [0, 0.1) is 0 Å². The molecule has 0 heterocycles. The zero-order valence-corrected chi connectivity index (χ0v) is 49.9. The van der Waals surface area contributed by atoms with Gasteiger partial charge in [-0.3, -0.25) is 0 Å². The van der Waals surface area contributed by atoms with E-state index >= 15 is 0 Å². The van der Waals surface area contributed by atoms with Crippen LogP contribution in [-0.2, 0) is 0 Å². The third-order valence-electron chi connectivity index (χ3n) is 29.6. The van der Waals surface area contributed by atoms with Crippen molar-refractivity contribution in [2.45, 2.75) is 0 Å². The second kappa shape index (κ2) is 10.6. The smallest absolute Gasteiger partial charge is 0.0000000000886 e. The first-order chi connectivity index (χ1) is 47.7. The van der Waals surface area contributed by atoms with Crippen molar-refractivity contribution < 1.29 is 0 Å². The van der Waals surface area contributed by atoms with E-state index in [1.54, 1.807) is 64.6 Å². The zero-order chi connectivity index (χ0) is 58.5. The summed E-state index contributed by atoms with van der Waals surface area (Å²) in [7, 11) is 0. The van der Waals surface area contributed by atoms with Gasteiger partial charge in [0.2, 0.25) is 0 Å². The minimum absolute atomic E-state index is 1.37. The third kappa shape index (κ3) is 2.92. The molecule has 0 nitrogen and oxygen atoms in total. The third-order valence-corrected chi connectivity index (χ3v) is 29.6. The molecule has 0 spiro atoms. The van der Waals surface area contributed by atoms with Crippen LogP contribution in [0.5, 0.6) is 0 Å². The normalized spacial score (nSPS) is 15.5. The summed E-state index contributed by atoms with van der Waals surface area (Å²) >= 11 is 0. The van der Waals surface area contributed by atoms with Gasteiger partial charge in [-0.1, -0.05) is 72.8 Å². The highest BCUT2D eigenvalue weighted by Gasteiger charge is 2.44. The topological polar surface area (TPSA) is 0 Å². The molecule has 0 heteroatoms. The maximum Gasteiger partial charge on any atom is -0.0000000000886 e. The van der Waals surface area contributed by atoms with E-state index in [1.807, 2.05) is 0 Å². The number of hydrogen-bond acceptors (Lipinski definition) is 0. The van der Waals surface area contributed by atoms with Gasteiger partial charge in [0.15, 0.2) is 0 Å². The van der Waals surface area contributed by atoms with Gasteiger partial charge in [0.25, 0.3) is 0 Å². The summed E-state index contributed by atoms with van der Waals surface area (Å²) in [5.74, 6) is 0. The lowest BCUT2D eigenvalue weighted by Crippen LogP contribution is -2.08. The molecule has 0 N–H and O–H groups in total. The molecule has 96 heavy (non-hydrogen) atoms. The Morgan fingerprint density at radius 3 is 0.208 bits per heavy atom. The molecule has 0 atom stereocenters. The minimum Gasteiger partial charge on any atom is -0.0537 e. The molecule has 0 amide bonds. The molecule has 0 saturated carbocycles. The summed E-state index contributed by atoms with van der Waals surface area (Å²) in [6.07, 6.45) is 0.